The van der Waals surface area contributed by atoms with Crippen molar-refractivity contribution in [1.82, 2.24) is 0 Å². The molecule has 114 valence electrons. The van der Waals surface area contributed by atoms with Gasteiger partial charge in [-0.25, -0.2) is 0 Å². The Bertz CT molecular complexity index is 646. The average molecular weight is 312 g/mol. The molecule has 1 aliphatic carbocycles. The summed E-state index contributed by atoms with van der Waals surface area (Å²) in [5.41, 5.74) is 3.11. The van der Waals surface area contributed by atoms with Crippen LogP contribution in [0, 0.1) is 0 Å². The zero-order valence-corrected chi connectivity index (χ0v) is 13.3. The molecule has 1 N–H and O–H groups in total. The largest absolute Gasteiger partial charge is 0.481 e. The van der Waals surface area contributed by atoms with Gasteiger partial charge in [0.05, 0.1) is 6.42 Å². The van der Waals surface area contributed by atoms with Crippen LogP contribution < -0.4 is 0 Å². The SMILES string of the molecule is O=C(O)Cc1cccc(SC2CCCC2)c1-c1ccccc1. The standard InChI is InChI=1S/C19H20O2S/c20-18(21)13-15-9-6-12-17(22-16-10-4-5-11-16)19(15)14-7-2-1-3-8-14/h1-3,6-9,12,16H,4-5,10-11,13H2,(H,20,21). The molecule has 0 heterocycles. The van der Waals surface area contributed by atoms with Gasteiger partial charge in [0.1, 0.15) is 0 Å². The summed E-state index contributed by atoms with van der Waals surface area (Å²) >= 11 is 1.92. The van der Waals surface area contributed by atoms with Crippen LogP contribution in [0.3, 0.4) is 0 Å². The van der Waals surface area contributed by atoms with Crippen LogP contribution in [0.5, 0.6) is 0 Å². The molecule has 1 aliphatic rings. The second-order valence-electron chi connectivity index (χ2n) is 5.75. The topological polar surface area (TPSA) is 37.3 Å². The lowest BCUT2D eigenvalue weighted by Crippen LogP contribution is -2.03. The van der Waals surface area contributed by atoms with Crippen LogP contribution in [-0.4, -0.2) is 16.3 Å². The second-order valence-corrected chi connectivity index (χ2v) is 7.09. The molecule has 2 aromatic carbocycles. The van der Waals surface area contributed by atoms with E-state index in [2.05, 4.69) is 18.2 Å². The summed E-state index contributed by atoms with van der Waals surface area (Å²) in [6.45, 7) is 0. The molecule has 1 saturated carbocycles. The summed E-state index contributed by atoms with van der Waals surface area (Å²) in [6.07, 6.45) is 5.23. The van der Waals surface area contributed by atoms with Gasteiger partial charge in [0.15, 0.2) is 0 Å². The fourth-order valence-electron chi connectivity index (χ4n) is 3.10. The number of thioether (sulfide) groups is 1. The smallest absolute Gasteiger partial charge is 0.307 e. The van der Waals surface area contributed by atoms with Crippen molar-refractivity contribution in [1.29, 1.82) is 0 Å². The lowest BCUT2D eigenvalue weighted by atomic mass is 9.97. The van der Waals surface area contributed by atoms with E-state index >= 15 is 0 Å². The van der Waals surface area contributed by atoms with Crippen molar-refractivity contribution in [3.05, 3.63) is 54.1 Å². The van der Waals surface area contributed by atoms with Crippen molar-refractivity contribution in [2.75, 3.05) is 0 Å². The highest BCUT2D eigenvalue weighted by Gasteiger charge is 2.20. The predicted molar refractivity (Wildman–Crippen MR) is 91.3 cm³/mol. The first-order valence-corrected chi connectivity index (χ1v) is 8.68. The minimum atomic E-state index is -0.778. The normalized spacial score (nSPS) is 15.1. The molecule has 3 heteroatoms. The van der Waals surface area contributed by atoms with E-state index in [1.165, 1.54) is 30.6 Å². The van der Waals surface area contributed by atoms with Crippen molar-refractivity contribution >= 4 is 17.7 Å². The van der Waals surface area contributed by atoms with Gasteiger partial charge >= 0.3 is 5.97 Å². The Balaban J connectivity index is 2.02. The fraction of sp³-hybridized carbons (Fsp3) is 0.316. The Morgan fingerprint density at radius 3 is 2.45 bits per heavy atom. The molecule has 0 unspecified atom stereocenters. The third-order valence-corrected chi connectivity index (χ3v) is 5.51. The van der Waals surface area contributed by atoms with E-state index in [9.17, 15) is 9.90 Å². The monoisotopic (exact) mass is 312 g/mol. The van der Waals surface area contributed by atoms with Gasteiger partial charge in [0.25, 0.3) is 0 Å². The van der Waals surface area contributed by atoms with Crippen LogP contribution in [0.2, 0.25) is 0 Å². The number of hydrogen-bond donors (Lipinski definition) is 1. The molecule has 0 bridgehead atoms. The quantitative estimate of drug-likeness (QED) is 0.842. The predicted octanol–water partition coefficient (Wildman–Crippen LogP) is 5.02. The lowest BCUT2D eigenvalue weighted by Gasteiger charge is -2.17. The molecule has 2 nitrogen and oxygen atoms in total. The molecule has 2 aromatic rings. The minimum absolute atomic E-state index is 0.0727. The first-order chi connectivity index (χ1) is 10.7. The highest BCUT2D eigenvalue weighted by molar-refractivity contribution is 8.00. The summed E-state index contributed by atoms with van der Waals surface area (Å²) in [4.78, 5) is 12.4. The van der Waals surface area contributed by atoms with E-state index in [1.54, 1.807) is 0 Å². The molecule has 0 saturated heterocycles. The Morgan fingerprint density at radius 2 is 1.77 bits per heavy atom. The first kappa shape index (κ1) is 15.2. The van der Waals surface area contributed by atoms with Crippen LogP contribution in [0.15, 0.2) is 53.4 Å². The third kappa shape index (κ3) is 3.53. The Hall–Kier alpha value is -1.74. The number of carbonyl (C=O) groups is 1. The van der Waals surface area contributed by atoms with Gasteiger partial charge in [-0.1, -0.05) is 55.3 Å². The molecule has 0 atom stereocenters. The molecule has 0 amide bonds. The van der Waals surface area contributed by atoms with Crippen molar-refractivity contribution < 1.29 is 9.90 Å². The second kappa shape index (κ2) is 7.01. The third-order valence-electron chi connectivity index (χ3n) is 4.11. The van der Waals surface area contributed by atoms with Crippen molar-refractivity contribution in [2.24, 2.45) is 0 Å². The van der Waals surface area contributed by atoms with E-state index in [1.807, 2.05) is 42.1 Å². The number of carboxylic acid groups (broad SMARTS) is 1. The number of carboxylic acids is 1. The molecule has 0 radical (unpaired) electrons. The Morgan fingerprint density at radius 1 is 1.05 bits per heavy atom. The average Bonchev–Trinajstić information content (AvgIpc) is 3.01. The van der Waals surface area contributed by atoms with Gasteiger partial charge < -0.3 is 5.11 Å². The summed E-state index contributed by atoms with van der Waals surface area (Å²) in [5.74, 6) is -0.778. The van der Waals surface area contributed by atoms with E-state index in [-0.39, 0.29) is 6.42 Å². The first-order valence-electron chi connectivity index (χ1n) is 7.80. The van der Waals surface area contributed by atoms with Crippen molar-refractivity contribution in [2.45, 2.75) is 42.2 Å². The molecular weight excluding hydrogens is 292 g/mol. The van der Waals surface area contributed by atoms with Gasteiger partial charge in [-0.2, -0.15) is 0 Å². The van der Waals surface area contributed by atoms with Crippen molar-refractivity contribution in [3.8, 4) is 11.1 Å². The zero-order valence-electron chi connectivity index (χ0n) is 12.5. The lowest BCUT2D eigenvalue weighted by molar-refractivity contribution is -0.136. The molecule has 22 heavy (non-hydrogen) atoms. The van der Waals surface area contributed by atoms with Gasteiger partial charge in [-0.05, 0) is 35.6 Å². The fourth-order valence-corrected chi connectivity index (χ4v) is 4.56. The minimum Gasteiger partial charge on any atom is -0.481 e. The molecule has 3 rings (SSSR count). The van der Waals surface area contributed by atoms with Crippen molar-refractivity contribution in [3.63, 3.8) is 0 Å². The van der Waals surface area contributed by atoms with E-state index in [4.69, 9.17) is 0 Å². The van der Waals surface area contributed by atoms with Crippen LogP contribution in [0.25, 0.3) is 11.1 Å². The van der Waals surface area contributed by atoms with Crippen LogP contribution in [0.4, 0.5) is 0 Å². The molecule has 1 fully saturated rings. The summed E-state index contributed by atoms with van der Waals surface area (Å²) in [7, 11) is 0. The molecular formula is C19H20O2S. The Labute approximate surface area is 135 Å². The number of aliphatic carboxylic acids is 1. The maximum atomic E-state index is 11.2. The van der Waals surface area contributed by atoms with Crippen LogP contribution in [-0.2, 0) is 11.2 Å². The number of rotatable bonds is 5. The maximum Gasteiger partial charge on any atom is 0.307 e. The van der Waals surface area contributed by atoms with Crippen LogP contribution in [0.1, 0.15) is 31.2 Å². The van der Waals surface area contributed by atoms with Gasteiger partial charge in [-0.3, -0.25) is 4.79 Å². The zero-order chi connectivity index (χ0) is 15.4. The van der Waals surface area contributed by atoms with E-state index in [0.29, 0.717) is 5.25 Å². The van der Waals surface area contributed by atoms with E-state index < -0.39 is 5.97 Å². The highest BCUT2D eigenvalue weighted by Crippen LogP contribution is 2.41. The van der Waals surface area contributed by atoms with Gasteiger partial charge in [0.2, 0.25) is 0 Å². The van der Waals surface area contributed by atoms with Gasteiger partial charge in [0, 0.05) is 10.1 Å². The van der Waals surface area contributed by atoms with Crippen LogP contribution >= 0.6 is 11.8 Å². The molecule has 0 aromatic heterocycles. The Kier molecular flexibility index (Phi) is 4.84. The van der Waals surface area contributed by atoms with E-state index in [0.717, 1.165) is 16.7 Å². The highest BCUT2D eigenvalue weighted by atomic mass is 32.2. The summed E-state index contributed by atoms with van der Waals surface area (Å²) < 4.78 is 0. The number of benzene rings is 2. The number of hydrogen-bond acceptors (Lipinski definition) is 2. The summed E-state index contributed by atoms with van der Waals surface area (Å²) in [6, 6.07) is 16.2. The molecule has 0 spiro atoms. The maximum absolute atomic E-state index is 11.2. The molecule has 0 aliphatic heterocycles. The van der Waals surface area contributed by atoms with Gasteiger partial charge in [-0.15, -0.1) is 11.8 Å². The summed E-state index contributed by atoms with van der Waals surface area (Å²) in [5, 5.41) is 9.88.